The predicted octanol–water partition coefficient (Wildman–Crippen LogP) is 5.62. The number of carbonyl (C=O) groups is 1. The van der Waals surface area contributed by atoms with E-state index in [1.165, 1.54) is 5.39 Å². The van der Waals surface area contributed by atoms with Crippen LogP contribution in [0.4, 0.5) is 5.69 Å². The van der Waals surface area contributed by atoms with Crippen molar-refractivity contribution in [3.8, 4) is 11.5 Å². The summed E-state index contributed by atoms with van der Waals surface area (Å²) in [6.07, 6.45) is 2.37. The third-order valence-electron chi connectivity index (χ3n) is 5.90. The Kier molecular flexibility index (Phi) is 4.27. The molecular formula is C25H23NO3. The SMILES string of the molecule is CCOc1cc([C@@H]2Nc3c(ccc4ccccc34)C3=C2C(=O)CCC3)ccc1O. The Hall–Kier alpha value is -3.27. The minimum Gasteiger partial charge on any atom is -0.504 e. The molecule has 4 nitrogen and oxygen atoms in total. The van der Waals surface area contributed by atoms with E-state index in [0.717, 1.165) is 46.2 Å². The van der Waals surface area contributed by atoms with Crippen LogP contribution in [0.3, 0.4) is 0 Å². The van der Waals surface area contributed by atoms with Gasteiger partial charge in [-0.25, -0.2) is 0 Å². The molecule has 0 aromatic heterocycles. The fraction of sp³-hybridized carbons (Fsp3) is 0.240. The number of phenols is 1. The molecule has 0 saturated carbocycles. The number of ether oxygens (including phenoxy) is 1. The van der Waals surface area contributed by atoms with Gasteiger partial charge in [0, 0.05) is 22.9 Å². The molecule has 0 bridgehead atoms. The molecule has 0 amide bonds. The zero-order valence-electron chi connectivity index (χ0n) is 16.4. The van der Waals surface area contributed by atoms with Gasteiger partial charge in [0.05, 0.1) is 18.3 Å². The smallest absolute Gasteiger partial charge is 0.161 e. The fourth-order valence-electron chi connectivity index (χ4n) is 4.60. The van der Waals surface area contributed by atoms with Gasteiger partial charge in [-0.05, 0) is 48.4 Å². The highest BCUT2D eigenvalue weighted by Crippen LogP contribution is 2.48. The monoisotopic (exact) mass is 385 g/mol. The Morgan fingerprint density at radius 3 is 2.83 bits per heavy atom. The van der Waals surface area contributed by atoms with E-state index in [1.807, 2.05) is 31.2 Å². The van der Waals surface area contributed by atoms with Crippen molar-refractivity contribution in [2.45, 2.75) is 32.2 Å². The predicted molar refractivity (Wildman–Crippen MR) is 115 cm³/mol. The molecule has 1 heterocycles. The summed E-state index contributed by atoms with van der Waals surface area (Å²) in [5.74, 6) is 0.760. The molecule has 2 N–H and O–H groups in total. The van der Waals surface area contributed by atoms with Crippen molar-refractivity contribution in [3.05, 3.63) is 71.3 Å². The second-order valence-electron chi connectivity index (χ2n) is 7.62. The first-order valence-electron chi connectivity index (χ1n) is 10.2. The zero-order chi connectivity index (χ0) is 20.0. The molecule has 0 spiro atoms. The fourth-order valence-corrected chi connectivity index (χ4v) is 4.60. The highest BCUT2D eigenvalue weighted by molar-refractivity contribution is 6.11. The molecule has 5 rings (SSSR count). The average molecular weight is 385 g/mol. The maximum absolute atomic E-state index is 13.0. The van der Waals surface area contributed by atoms with Gasteiger partial charge in [-0.1, -0.05) is 42.5 Å². The molecule has 1 aliphatic heterocycles. The first-order valence-corrected chi connectivity index (χ1v) is 10.2. The summed E-state index contributed by atoms with van der Waals surface area (Å²) in [5.41, 5.74) is 5.14. The zero-order valence-corrected chi connectivity index (χ0v) is 16.4. The number of hydrogen-bond acceptors (Lipinski definition) is 4. The first kappa shape index (κ1) is 17.8. The number of nitrogens with one attached hydrogen (secondary N) is 1. The molecule has 29 heavy (non-hydrogen) atoms. The van der Waals surface area contributed by atoms with Gasteiger partial charge in [-0.15, -0.1) is 0 Å². The summed E-state index contributed by atoms with van der Waals surface area (Å²) in [4.78, 5) is 13.0. The molecule has 1 aliphatic carbocycles. The Bertz CT molecular complexity index is 1160. The topological polar surface area (TPSA) is 58.6 Å². The molecule has 1 atom stereocenters. The number of benzene rings is 3. The lowest BCUT2D eigenvalue weighted by atomic mass is 9.77. The third-order valence-corrected chi connectivity index (χ3v) is 5.90. The molecule has 3 aromatic carbocycles. The van der Waals surface area contributed by atoms with Gasteiger partial charge in [0.2, 0.25) is 0 Å². The van der Waals surface area contributed by atoms with Crippen LogP contribution < -0.4 is 10.1 Å². The second-order valence-corrected chi connectivity index (χ2v) is 7.62. The first-order chi connectivity index (χ1) is 14.2. The van der Waals surface area contributed by atoms with Crippen molar-refractivity contribution in [3.63, 3.8) is 0 Å². The van der Waals surface area contributed by atoms with Crippen LogP contribution in [0.2, 0.25) is 0 Å². The number of anilines is 1. The maximum atomic E-state index is 13.0. The highest BCUT2D eigenvalue weighted by atomic mass is 16.5. The highest BCUT2D eigenvalue weighted by Gasteiger charge is 2.35. The van der Waals surface area contributed by atoms with E-state index in [2.05, 4.69) is 29.6 Å². The van der Waals surface area contributed by atoms with Gasteiger partial charge in [0.25, 0.3) is 0 Å². The van der Waals surface area contributed by atoms with Gasteiger partial charge >= 0.3 is 0 Å². The molecule has 3 aromatic rings. The van der Waals surface area contributed by atoms with Crippen LogP contribution in [0, 0.1) is 0 Å². The van der Waals surface area contributed by atoms with E-state index < -0.39 is 0 Å². The summed E-state index contributed by atoms with van der Waals surface area (Å²) in [5, 5.41) is 16.1. The Balaban J connectivity index is 1.73. The summed E-state index contributed by atoms with van der Waals surface area (Å²) < 4.78 is 5.59. The molecule has 0 saturated heterocycles. The molecule has 2 aliphatic rings. The minimum atomic E-state index is -0.254. The van der Waals surface area contributed by atoms with Crippen LogP contribution in [0.1, 0.15) is 43.4 Å². The minimum absolute atomic E-state index is 0.112. The third kappa shape index (κ3) is 2.87. The van der Waals surface area contributed by atoms with E-state index in [4.69, 9.17) is 4.74 Å². The number of fused-ring (bicyclic) bond motifs is 4. The summed E-state index contributed by atoms with van der Waals surface area (Å²) in [7, 11) is 0. The molecule has 0 unspecified atom stereocenters. The van der Waals surface area contributed by atoms with E-state index in [-0.39, 0.29) is 17.6 Å². The van der Waals surface area contributed by atoms with Crippen LogP contribution in [0.5, 0.6) is 11.5 Å². The Morgan fingerprint density at radius 1 is 1.10 bits per heavy atom. The van der Waals surface area contributed by atoms with Gasteiger partial charge in [-0.3, -0.25) is 4.79 Å². The van der Waals surface area contributed by atoms with E-state index in [9.17, 15) is 9.90 Å². The molecule has 4 heteroatoms. The number of rotatable bonds is 3. The van der Waals surface area contributed by atoms with E-state index >= 15 is 0 Å². The number of Topliss-reactive ketones (excluding diaryl/α,β-unsaturated/α-hetero) is 1. The Labute approximate surface area is 169 Å². The molecular weight excluding hydrogens is 362 g/mol. The van der Waals surface area contributed by atoms with Gasteiger partial charge in [0.1, 0.15) is 0 Å². The van der Waals surface area contributed by atoms with Crippen molar-refractivity contribution in [2.24, 2.45) is 0 Å². The van der Waals surface area contributed by atoms with Crippen molar-refractivity contribution < 1.29 is 14.6 Å². The maximum Gasteiger partial charge on any atom is 0.161 e. The molecule has 0 radical (unpaired) electrons. The van der Waals surface area contributed by atoms with Crippen molar-refractivity contribution in [1.29, 1.82) is 0 Å². The standard InChI is InChI=1S/C25H23NO3/c1-2-29-22-14-16(11-13-20(22)27)24-23-18(8-5-9-21(23)28)19-12-10-15-6-3-4-7-17(15)25(19)26-24/h3-4,6-7,10-14,24,26-27H,2,5,8-9H2,1H3/t24-/m0/s1. The summed E-state index contributed by atoms with van der Waals surface area (Å²) in [6, 6.07) is 17.7. The normalized spacial score (nSPS) is 18.2. The van der Waals surface area contributed by atoms with Crippen molar-refractivity contribution in [1.82, 2.24) is 0 Å². The lowest BCUT2D eigenvalue weighted by Crippen LogP contribution is -2.27. The van der Waals surface area contributed by atoms with Gasteiger partial charge in [-0.2, -0.15) is 0 Å². The summed E-state index contributed by atoms with van der Waals surface area (Å²) in [6.45, 7) is 2.36. The number of allylic oxidation sites excluding steroid dienone is 1. The average Bonchev–Trinajstić information content (AvgIpc) is 2.75. The number of phenolic OH excluding ortho intramolecular Hbond substituents is 1. The van der Waals surface area contributed by atoms with Crippen LogP contribution in [0.25, 0.3) is 16.3 Å². The van der Waals surface area contributed by atoms with E-state index in [0.29, 0.717) is 18.8 Å². The van der Waals surface area contributed by atoms with Crippen LogP contribution in [-0.2, 0) is 4.79 Å². The van der Waals surface area contributed by atoms with Crippen molar-refractivity contribution in [2.75, 3.05) is 11.9 Å². The number of ketones is 1. The molecule has 0 fully saturated rings. The van der Waals surface area contributed by atoms with Crippen LogP contribution in [0.15, 0.2) is 60.2 Å². The molecule has 146 valence electrons. The van der Waals surface area contributed by atoms with E-state index in [1.54, 1.807) is 6.07 Å². The number of aromatic hydroxyl groups is 1. The number of hydrogen-bond donors (Lipinski definition) is 2. The van der Waals surface area contributed by atoms with Crippen LogP contribution >= 0.6 is 0 Å². The van der Waals surface area contributed by atoms with Crippen LogP contribution in [-0.4, -0.2) is 17.5 Å². The second kappa shape index (κ2) is 6.96. The largest absolute Gasteiger partial charge is 0.504 e. The quantitative estimate of drug-likeness (QED) is 0.615. The van der Waals surface area contributed by atoms with Crippen molar-refractivity contribution >= 4 is 27.8 Å². The van der Waals surface area contributed by atoms with Gasteiger partial charge in [0.15, 0.2) is 17.3 Å². The number of carbonyl (C=O) groups excluding carboxylic acids is 1. The lowest BCUT2D eigenvalue weighted by molar-refractivity contribution is -0.116. The van der Waals surface area contributed by atoms with Gasteiger partial charge < -0.3 is 15.2 Å². The lowest BCUT2D eigenvalue weighted by Gasteiger charge is -2.35. The Morgan fingerprint density at radius 2 is 1.97 bits per heavy atom. The summed E-state index contributed by atoms with van der Waals surface area (Å²) >= 11 is 0.